The summed E-state index contributed by atoms with van der Waals surface area (Å²) in [4.78, 5) is 16.1. The van der Waals surface area contributed by atoms with Gasteiger partial charge in [-0.15, -0.1) is 0 Å². The normalized spacial score (nSPS) is 17.1. The van der Waals surface area contributed by atoms with Crippen molar-refractivity contribution in [2.24, 2.45) is 0 Å². The van der Waals surface area contributed by atoms with Gasteiger partial charge in [0.25, 0.3) is 0 Å². The highest BCUT2D eigenvalue weighted by Gasteiger charge is 2.37. The molecule has 35 heavy (non-hydrogen) atoms. The van der Waals surface area contributed by atoms with Gasteiger partial charge in [0.1, 0.15) is 17.4 Å². The van der Waals surface area contributed by atoms with Gasteiger partial charge >= 0.3 is 0 Å². The van der Waals surface area contributed by atoms with Crippen molar-refractivity contribution < 1.29 is 14.3 Å². The van der Waals surface area contributed by atoms with Gasteiger partial charge in [0, 0.05) is 35.3 Å². The third-order valence-electron chi connectivity index (χ3n) is 6.14. The van der Waals surface area contributed by atoms with Crippen LogP contribution >= 0.6 is 0 Å². The number of pyridine rings is 1. The molecule has 1 amide bonds. The summed E-state index contributed by atoms with van der Waals surface area (Å²) in [6, 6.07) is 15.3. The molecule has 1 saturated heterocycles. The van der Waals surface area contributed by atoms with E-state index in [0.29, 0.717) is 22.8 Å². The Kier molecular flexibility index (Phi) is 6.56. The van der Waals surface area contributed by atoms with E-state index < -0.39 is 5.82 Å². The Morgan fingerprint density at radius 1 is 1.00 bits per heavy atom. The van der Waals surface area contributed by atoms with Crippen molar-refractivity contribution in [3.8, 4) is 28.1 Å². The van der Waals surface area contributed by atoms with Crippen molar-refractivity contribution in [2.45, 2.75) is 64.6 Å². The zero-order chi connectivity index (χ0) is 25.4. The van der Waals surface area contributed by atoms with Crippen LogP contribution in [0.1, 0.15) is 47.5 Å². The van der Waals surface area contributed by atoms with Gasteiger partial charge in [0.15, 0.2) is 0 Å². The van der Waals surface area contributed by atoms with Gasteiger partial charge in [-0.25, -0.2) is 9.37 Å². The summed E-state index contributed by atoms with van der Waals surface area (Å²) in [7, 11) is 0. The van der Waals surface area contributed by atoms with Crippen LogP contribution in [0.2, 0.25) is 0 Å². The molecule has 7 heteroatoms. The van der Waals surface area contributed by atoms with Crippen LogP contribution < -0.4 is 16.0 Å². The van der Waals surface area contributed by atoms with Crippen LogP contribution in [-0.2, 0) is 4.79 Å². The number of benzene rings is 2. The minimum absolute atomic E-state index is 0.0351. The molecule has 0 saturated carbocycles. The summed E-state index contributed by atoms with van der Waals surface area (Å²) in [5, 5.41) is 20.5. The number of carbonyl (C=O) groups excluding carboxylic acids is 1. The van der Waals surface area contributed by atoms with Gasteiger partial charge in [-0.2, -0.15) is 0 Å². The van der Waals surface area contributed by atoms with Crippen LogP contribution in [0, 0.1) is 5.82 Å². The number of aromatic nitrogens is 1. The summed E-state index contributed by atoms with van der Waals surface area (Å²) in [5.74, 6) is 0.0450. The Bertz CT molecular complexity index is 1220. The number of rotatable bonds is 5. The topological polar surface area (TPSA) is 86.3 Å². The standard InChI is InChI=1S/C28H33FN4O2/c1-17(34)30-21-9-6-18(7-10-21)19-12-24(23-14-20(29)8-11-25(23)35)32-26(13-19)31-22-15-27(2,3)33-28(4,5)16-22/h6-14,22,33,35H,15-16H2,1-5H3,(H,30,34)(H,31,32). The number of hydrogen-bond donors (Lipinski definition) is 4. The van der Waals surface area contributed by atoms with Gasteiger partial charge in [-0.3, -0.25) is 4.79 Å². The molecule has 0 aliphatic carbocycles. The van der Waals surface area contributed by atoms with Crippen LogP contribution in [0.3, 0.4) is 0 Å². The largest absolute Gasteiger partial charge is 0.507 e. The third kappa shape index (κ3) is 6.17. The monoisotopic (exact) mass is 476 g/mol. The lowest BCUT2D eigenvalue weighted by molar-refractivity contribution is -0.114. The number of anilines is 2. The second kappa shape index (κ2) is 9.30. The molecule has 3 aromatic rings. The first-order valence-corrected chi connectivity index (χ1v) is 11.8. The van der Waals surface area contributed by atoms with Crippen LogP contribution in [0.5, 0.6) is 5.75 Å². The van der Waals surface area contributed by atoms with Crippen molar-refractivity contribution in [1.82, 2.24) is 10.3 Å². The first kappa shape index (κ1) is 24.7. The van der Waals surface area contributed by atoms with Crippen molar-refractivity contribution in [3.63, 3.8) is 0 Å². The van der Waals surface area contributed by atoms with Crippen LogP contribution in [-0.4, -0.2) is 33.1 Å². The molecule has 1 aliphatic rings. The number of nitrogens with zero attached hydrogens (tertiary/aromatic N) is 1. The zero-order valence-corrected chi connectivity index (χ0v) is 20.9. The Labute approximate surface area is 206 Å². The van der Waals surface area contributed by atoms with Crippen LogP contribution in [0.4, 0.5) is 15.9 Å². The molecular weight excluding hydrogens is 443 g/mol. The smallest absolute Gasteiger partial charge is 0.221 e. The van der Waals surface area contributed by atoms with E-state index in [2.05, 4.69) is 43.6 Å². The third-order valence-corrected chi connectivity index (χ3v) is 6.14. The van der Waals surface area contributed by atoms with E-state index >= 15 is 0 Å². The quantitative estimate of drug-likeness (QED) is 0.366. The van der Waals surface area contributed by atoms with Gasteiger partial charge in [0.05, 0.1) is 5.69 Å². The highest BCUT2D eigenvalue weighted by Crippen LogP contribution is 2.35. The molecule has 184 valence electrons. The average molecular weight is 477 g/mol. The van der Waals surface area contributed by atoms with Crippen LogP contribution in [0.15, 0.2) is 54.6 Å². The first-order chi connectivity index (χ1) is 16.4. The van der Waals surface area contributed by atoms with Crippen molar-refractivity contribution in [1.29, 1.82) is 0 Å². The molecule has 1 aromatic heterocycles. The maximum Gasteiger partial charge on any atom is 0.221 e. The first-order valence-electron chi connectivity index (χ1n) is 11.8. The predicted octanol–water partition coefficient (Wildman–Crippen LogP) is 5.94. The number of hydrogen-bond acceptors (Lipinski definition) is 5. The number of phenols is 1. The van der Waals surface area contributed by atoms with Crippen LogP contribution in [0.25, 0.3) is 22.4 Å². The fourth-order valence-electron chi connectivity index (χ4n) is 5.21. The molecular formula is C28H33FN4O2. The number of nitrogens with one attached hydrogen (secondary N) is 3. The Balaban J connectivity index is 1.74. The van der Waals surface area contributed by atoms with Crippen molar-refractivity contribution in [3.05, 3.63) is 60.4 Å². The molecule has 6 nitrogen and oxygen atoms in total. The van der Waals surface area contributed by atoms with Crippen molar-refractivity contribution in [2.75, 3.05) is 10.6 Å². The second-order valence-corrected chi connectivity index (χ2v) is 10.7. The van der Waals surface area contributed by atoms with Gasteiger partial charge in [-0.05, 0) is 94.1 Å². The Morgan fingerprint density at radius 3 is 2.29 bits per heavy atom. The van der Waals surface area contributed by atoms with E-state index in [-0.39, 0.29) is 28.8 Å². The van der Waals surface area contributed by atoms with Crippen molar-refractivity contribution >= 4 is 17.4 Å². The molecule has 4 rings (SSSR count). The minimum Gasteiger partial charge on any atom is -0.507 e. The summed E-state index contributed by atoms with van der Waals surface area (Å²) < 4.78 is 14.1. The fourth-order valence-corrected chi connectivity index (χ4v) is 5.21. The lowest BCUT2D eigenvalue weighted by Gasteiger charge is -2.46. The number of amides is 1. The van der Waals surface area contributed by atoms with E-state index in [1.807, 2.05) is 36.4 Å². The lowest BCUT2D eigenvalue weighted by Crippen LogP contribution is -2.60. The summed E-state index contributed by atoms with van der Waals surface area (Å²) in [5.41, 5.74) is 3.20. The highest BCUT2D eigenvalue weighted by molar-refractivity contribution is 5.89. The number of aromatic hydroxyl groups is 1. The fraction of sp³-hybridized carbons (Fsp3) is 0.357. The van der Waals surface area contributed by atoms with E-state index in [1.54, 1.807) is 0 Å². The maximum absolute atomic E-state index is 14.1. The van der Waals surface area contributed by atoms with E-state index in [4.69, 9.17) is 4.98 Å². The molecule has 1 fully saturated rings. The number of halogens is 1. The van der Waals surface area contributed by atoms with Gasteiger partial charge in [0.2, 0.25) is 5.91 Å². The molecule has 0 radical (unpaired) electrons. The van der Waals surface area contributed by atoms with E-state index in [0.717, 1.165) is 24.0 Å². The summed E-state index contributed by atoms with van der Waals surface area (Å²) in [6.45, 7) is 10.2. The Hall–Kier alpha value is -3.45. The molecule has 2 heterocycles. The maximum atomic E-state index is 14.1. The SMILES string of the molecule is CC(=O)Nc1ccc(-c2cc(NC3CC(C)(C)NC(C)(C)C3)nc(-c3cc(F)ccc3O)c2)cc1. The molecule has 4 N–H and O–H groups in total. The highest BCUT2D eigenvalue weighted by atomic mass is 19.1. The van der Waals surface area contributed by atoms with E-state index in [1.165, 1.54) is 25.1 Å². The number of piperidine rings is 1. The molecule has 0 atom stereocenters. The molecule has 1 aliphatic heterocycles. The summed E-state index contributed by atoms with van der Waals surface area (Å²) in [6.07, 6.45) is 1.82. The lowest BCUT2D eigenvalue weighted by atomic mass is 9.79. The molecule has 2 aromatic carbocycles. The predicted molar refractivity (Wildman–Crippen MR) is 139 cm³/mol. The van der Waals surface area contributed by atoms with Gasteiger partial charge in [-0.1, -0.05) is 12.1 Å². The second-order valence-electron chi connectivity index (χ2n) is 10.7. The minimum atomic E-state index is -0.443. The Morgan fingerprint density at radius 2 is 1.66 bits per heavy atom. The molecule has 0 bridgehead atoms. The molecule has 0 unspecified atom stereocenters. The van der Waals surface area contributed by atoms with Gasteiger partial charge < -0.3 is 21.1 Å². The number of carbonyl (C=O) groups is 1. The van der Waals surface area contributed by atoms with E-state index in [9.17, 15) is 14.3 Å². The molecule has 0 spiro atoms. The zero-order valence-electron chi connectivity index (χ0n) is 20.9. The number of phenolic OH excluding ortho intramolecular Hbond substituents is 1. The average Bonchev–Trinajstić information content (AvgIpc) is 2.73. The summed E-state index contributed by atoms with van der Waals surface area (Å²) >= 11 is 0.